The average molecular weight is 354 g/mol. The van der Waals surface area contributed by atoms with Gasteiger partial charge >= 0.3 is 0 Å². The van der Waals surface area contributed by atoms with Crippen LogP contribution in [-0.2, 0) is 20.7 Å². The quantitative estimate of drug-likeness (QED) is 0.607. The lowest BCUT2D eigenvalue weighted by molar-refractivity contribution is -0.384. The van der Waals surface area contributed by atoms with Crippen LogP contribution < -0.4 is 4.74 Å². The highest BCUT2D eigenvalue weighted by Crippen LogP contribution is 2.20. The largest absolute Gasteiger partial charge is 0.497 e. The van der Waals surface area contributed by atoms with Crippen LogP contribution in [-0.4, -0.2) is 26.7 Å². The van der Waals surface area contributed by atoms with Crippen LogP contribution >= 0.6 is 0 Å². The van der Waals surface area contributed by atoms with Crippen molar-refractivity contribution in [2.24, 2.45) is 3.77 Å². The van der Waals surface area contributed by atoms with Gasteiger partial charge in [0.1, 0.15) is 5.75 Å². The summed E-state index contributed by atoms with van der Waals surface area (Å²) < 4.78 is 33.4. The van der Waals surface area contributed by atoms with Gasteiger partial charge in [-0.1, -0.05) is 10.7 Å². The number of hydrogen-bond donors (Lipinski definition) is 0. The summed E-state index contributed by atoms with van der Waals surface area (Å²) in [6, 6.07) is 11.6. The van der Waals surface area contributed by atoms with Gasteiger partial charge in [-0.2, -0.15) is 8.42 Å². The van der Waals surface area contributed by atoms with Crippen LogP contribution in [0.25, 0.3) is 0 Å². The van der Waals surface area contributed by atoms with Crippen LogP contribution in [0.4, 0.5) is 5.69 Å². The summed E-state index contributed by atoms with van der Waals surface area (Å²) >= 11 is 0. The number of nitrogens with zero attached hydrogens (tertiary/aromatic N) is 2. The van der Waals surface area contributed by atoms with E-state index < -0.39 is 25.6 Å². The van der Waals surface area contributed by atoms with E-state index in [0.717, 1.165) is 0 Å². The molecule has 0 bridgehead atoms. The molecule has 2 rings (SSSR count). The zero-order valence-corrected chi connectivity index (χ0v) is 14.0. The lowest BCUT2D eigenvalue weighted by atomic mass is 10.3. The molecule has 122 valence electrons. The molecular weight excluding hydrogens is 340 g/mol. The van der Waals surface area contributed by atoms with E-state index in [0.29, 0.717) is 10.6 Å². The van der Waals surface area contributed by atoms with E-state index in [1.807, 2.05) is 0 Å². The van der Waals surface area contributed by atoms with Gasteiger partial charge in [-0.25, -0.2) is 0 Å². The molecule has 0 spiro atoms. The molecule has 0 aliphatic heterocycles. The number of ether oxygens (including phenoxy) is 1. The Balaban J connectivity index is 2.32. The predicted octanol–water partition coefficient (Wildman–Crippen LogP) is 2.78. The fourth-order valence-corrected chi connectivity index (χ4v) is 4.62. The number of hydrogen-bond acceptors (Lipinski definition) is 5. The van der Waals surface area contributed by atoms with E-state index in [-0.39, 0.29) is 10.6 Å². The molecule has 0 amide bonds. The van der Waals surface area contributed by atoms with Gasteiger partial charge in [0.2, 0.25) is 0 Å². The average Bonchev–Trinajstić information content (AvgIpc) is 2.54. The Morgan fingerprint density at radius 3 is 2.13 bits per heavy atom. The number of nitro benzene ring substituents is 1. The van der Waals surface area contributed by atoms with Gasteiger partial charge in [-0.3, -0.25) is 10.1 Å². The van der Waals surface area contributed by atoms with Crippen LogP contribution in [0.15, 0.2) is 62.1 Å². The first kappa shape index (κ1) is 17.1. The number of sulfonamides is 1. The Morgan fingerprint density at radius 2 is 1.65 bits per heavy atom. The van der Waals surface area contributed by atoms with E-state index in [2.05, 4.69) is 3.77 Å². The molecule has 0 aliphatic rings. The van der Waals surface area contributed by atoms with E-state index in [1.54, 1.807) is 18.4 Å². The summed E-state index contributed by atoms with van der Waals surface area (Å²) in [4.78, 5) is 10.8. The Kier molecular flexibility index (Phi) is 5.12. The van der Waals surface area contributed by atoms with Crippen LogP contribution in [0.5, 0.6) is 5.75 Å². The number of nitro groups is 1. The maximum absolute atomic E-state index is 12.3. The third kappa shape index (κ3) is 4.14. The van der Waals surface area contributed by atoms with Crippen LogP contribution in [0.3, 0.4) is 0 Å². The van der Waals surface area contributed by atoms with Crippen LogP contribution in [0.1, 0.15) is 0 Å². The first-order valence-electron chi connectivity index (χ1n) is 6.36. The van der Waals surface area contributed by atoms with E-state index >= 15 is 0 Å². The van der Waals surface area contributed by atoms with Gasteiger partial charge in [0, 0.05) is 17.0 Å². The van der Waals surface area contributed by atoms with Gasteiger partial charge in [0.25, 0.3) is 15.7 Å². The zero-order valence-electron chi connectivity index (χ0n) is 12.4. The summed E-state index contributed by atoms with van der Waals surface area (Å²) in [5.41, 5.74) is -0.0521. The van der Waals surface area contributed by atoms with Crippen molar-refractivity contribution in [2.45, 2.75) is 9.79 Å². The highest BCUT2D eigenvalue weighted by atomic mass is 32.3. The maximum Gasteiger partial charge on any atom is 0.288 e. The second-order valence-electron chi connectivity index (χ2n) is 4.45. The van der Waals surface area contributed by atoms with Crippen molar-refractivity contribution in [1.29, 1.82) is 0 Å². The number of methoxy groups -OCH3 is 1. The second-order valence-corrected chi connectivity index (χ2v) is 7.90. The van der Waals surface area contributed by atoms with E-state index in [1.165, 1.54) is 43.5 Å². The van der Waals surface area contributed by atoms with Crippen molar-refractivity contribution >= 4 is 26.4 Å². The Hall–Kier alpha value is -2.26. The standard InChI is InChI=1S/C14H14N2O5S2/c1-21-12-5-9-14(10-6-12)23(19,20)15-22(2)13-7-3-11(4-8-13)16(17)18/h3-10H,1-2H3. The van der Waals surface area contributed by atoms with Gasteiger partial charge in [-0.15, -0.1) is 3.77 Å². The summed E-state index contributed by atoms with van der Waals surface area (Å²) in [5.74, 6) is 0.551. The molecule has 1 atom stereocenters. The number of benzene rings is 2. The fourth-order valence-electron chi connectivity index (χ4n) is 1.75. The minimum atomic E-state index is -3.81. The molecule has 2 aromatic rings. The third-order valence-electron chi connectivity index (χ3n) is 2.96. The van der Waals surface area contributed by atoms with E-state index in [9.17, 15) is 18.5 Å². The fraction of sp³-hybridized carbons (Fsp3) is 0.143. The topological polar surface area (TPSA) is 98.9 Å². The third-order valence-corrected chi connectivity index (χ3v) is 6.46. The van der Waals surface area contributed by atoms with Crippen molar-refractivity contribution < 1.29 is 18.1 Å². The molecule has 2 aromatic carbocycles. The Bertz CT molecular complexity index is 844. The van der Waals surface area contributed by atoms with Gasteiger partial charge in [0.05, 0.1) is 16.9 Å². The predicted molar refractivity (Wildman–Crippen MR) is 87.3 cm³/mol. The molecule has 0 saturated carbocycles. The molecule has 0 saturated heterocycles. The molecule has 0 fully saturated rings. The molecule has 7 nitrogen and oxygen atoms in total. The molecule has 0 aliphatic carbocycles. The van der Waals surface area contributed by atoms with Crippen molar-refractivity contribution in [3.05, 3.63) is 58.6 Å². The van der Waals surface area contributed by atoms with Crippen molar-refractivity contribution in [3.8, 4) is 5.75 Å². The molecular formula is C14H14N2O5S2. The zero-order chi connectivity index (χ0) is 17.0. The molecule has 23 heavy (non-hydrogen) atoms. The van der Waals surface area contributed by atoms with Crippen molar-refractivity contribution in [3.63, 3.8) is 0 Å². The number of non-ortho nitro benzene ring substituents is 1. The lowest BCUT2D eigenvalue weighted by Gasteiger charge is -2.04. The summed E-state index contributed by atoms with van der Waals surface area (Å²) in [6.07, 6.45) is 1.64. The van der Waals surface area contributed by atoms with Gasteiger partial charge in [0.15, 0.2) is 0 Å². The van der Waals surface area contributed by atoms with Crippen LogP contribution in [0, 0.1) is 10.1 Å². The Labute approximate surface area is 136 Å². The molecule has 0 heterocycles. The smallest absolute Gasteiger partial charge is 0.288 e. The monoisotopic (exact) mass is 354 g/mol. The lowest BCUT2D eigenvalue weighted by Crippen LogP contribution is -2.00. The molecule has 1 unspecified atom stereocenters. The highest BCUT2D eigenvalue weighted by Gasteiger charge is 2.14. The normalized spacial score (nSPS) is 12.8. The molecule has 9 heteroatoms. The molecule has 0 radical (unpaired) electrons. The highest BCUT2D eigenvalue weighted by molar-refractivity contribution is 7.99. The van der Waals surface area contributed by atoms with Crippen LogP contribution in [0.2, 0.25) is 0 Å². The maximum atomic E-state index is 12.3. The SMILES string of the molecule is COc1ccc(S(=O)(=O)/N=S(\C)c2ccc([N+](=O)[O-])cc2)cc1. The first-order chi connectivity index (χ1) is 10.8. The minimum absolute atomic E-state index is 0.0521. The van der Waals surface area contributed by atoms with Crippen molar-refractivity contribution in [2.75, 3.05) is 13.4 Å². The van der Waals surface area contributed by atoms with Gasteiger partial charge < -0.3 is 4.74 Å². The molecule has 0 N–H and O–H groups in total. The minimum Gasteiger partial charge on any atom is -0.497 e. The van der Waals surface area contributed by atoms with E-state index in [4.69, 9.17) is 4.74 Å². The summed E-state index contributed by atoms with van der Waals surface area (Å²) in [5, 5.41) is 10.6. The number of rotatable bonds is 5. The summed E-state index contributed by atoms with van der Waals surface area (Å²) in [6.45, 7) is 0. The van der Waals surface area contributed by atoms with Crippen molar-refractivity contribution in [1.82, 2.24) is 0 Å². The molecule has 0 aromatic heterocycles. The second kappa shape index (κ2) is 6.88. The Morgan fingerprint density at radius 1 is 1.09 bits per heavy atom. The first-order valence-corrected chi connectivity index (χ1v) is 9.39. The van der Waals surface area contributed by atoms with Gasteiger partial charge in [-0.05, 0) is 42.7 Å². The summed E-state index contributed by atoms with van der Waals surface area (Å²) in [7, 11) is -3.27.